The summed E-state index contributed by atoms with van der Waals surface area (Å²) in [7, 11) is 2.19. The Morgan fingerprint density at radius 2 is 1.85 bits per heavy atom. The van der Waals surface area contributed by atoms with Crippen molar-refractivity contribution in [2.75, 3.05) is 57.8 Å². The fourth-order valence-corrected chi connectivity index (χ4v) is 6.51. The van der Waals surface area contributed by atoms with Crippen molar-refractivity contribution in [3.8, 4) is 28.7 Å². The molecular weight excluding hydrogens is 613 g/mol. The molecule has 1 N–H and O–H groups in total. The summed E-state index contributed by atoms with van der Waals surface area (Å²) < 4.78 is 13.1. The zero-order chi connectivity index (χ0) is 32.1. The van der Waals surface area contributed by atoms with E-state index in [2.05, 4.69) is 45.2 Å². The van der Waals surface area contributed by atoms with E-state index < -0.39 is 11.6 Å². The first kappa shape index (κ1) is 34.0. The number of nitrogens with zero attached hydrogens (tertiary/aromatic N) is 7. The van der Waals surface area contributed by atoms with Crippen LogP contribution in [0.2, 0.25) is 0 Å². The van der Waals surface area contributed by atoms with Gasteiger partial charge in [0.05, 0.1) is 35.6 Å². The number of para-hydroxylation sites is 1. The van der Waals surface area contributed by atoms with Crippen LogP contribution in [0.3, 0.4) is 0 Å². The molecule has 0 unspecified atom stereocenters. The number of rotatable bonds is 8. The van der Waals surface area contributed by atoms with E-state index in [1.165, 1.54) is 0 Å². The van der Waals surface area contributed by atoms with Crippen LogP contribution in [0.4, 0.5) is 10.6 Å². The summed E-state index contributed by atoms with van der Waals surface area (Å²) in [6.45, 7) is 9.97. The number of aromatic nitrogens is 3. The molecule has 6 rings (SSSR count). The SMILES string of the molecule is CCOc1cc(-c2ccc(N3CCC(CN4CC[C@H](C)N(C)CC4)(NC(=O)Oc4ccccc4)CC3)nc2)c2c(C#N)cnn2c1.S. The molecule has 0 spiro atoms. The van der Waals surface area contributed by atoms with Gasteiger partial charge < -0.3 is 24.6 Å². The number of carbonyl (C=O) groups excluding carboxylic acids is 1. The smallest absolute Gasteiger partial charge is 0.413 e. The van der Waals surface area contributed by atoms with Gasteiger partial charge >= 0.3 is 6.09 Å². The number of ether oxygens (including phenoxy) is 2. The van der Waals surface area contributed by atoms with Crippen LogP contribution in [-0.4, -0.2) is 95.0 Å². The molecule has 3 aromatic heterocycles. The first-order valence-electron chi connectivity index (χ1n) is 16.1. The summed E-state index contributed by atoms with van der Waals surface area (Å²) in [4.78, 5) is 25.2. The summed E-state index contributed by atoms with van der Waals surface area (Å²) in [5.74, 6) is 2.09. The van der Waals surface area contributed by atoms with Gasteiger partial charge in [0.2, 0.25) is 0 Å². The molecule has 248 valence electrons. The first-order chi connectivity index (χ1) is 22.4. The Labute approximate surface area is 283 Å². The zero-order valence-corrected chi connectivity index (χ0v) is 28.4. The van der Waals surface area contributed by atoms with Crippen molar-refractivity contribution in [1.82, 2.24) is 29.7 Å². The van der Waals surface area contributed by atoms with E-state index in [4.69, 9.17) is 14.5 Å². The predicted molar refractivity (Wildman–Crippen MR) is 188 cm³/mol. The number of likely N-dealkylation sites (N-methyl/N-ethyl adjacent to an activating group) is 1. The second-order valence-electron chi connectivity index (χ2n) is 12.4. The lowest BCUT2D eigenvalue weighted by atomic mass is 9.86. The lowest BCUT2D eigenvalue weighted by molar-refractivity contribution is 0.138. The summed E-state index contributed by atoms with van der Waals surface area (Å²) >= 11 is 0. The average Bonchev–Trinajstić information content (AvgIpc) is 3.42. The molecule has 0 aliphatic carbocycles. The Bertz CT molecular complexity index is 1670. The van der Waals surface area contributed by atoms with E-state index in [-0.39, 0.29) is 13.5 Å². The van der Waals surface area contributed by atoms with Crippen LogP contribution >= 0.6 is 13.5 Å². The van der Waals surface area contributed by atoms with Crippen LogP contribution in [0.25, 0.3) is 16.6 Å². The molecule has 1 atom stereocenters. The molecule has 1 aromatic carbocycles. The van der Waals surface area contributed by atoms with Gasteiger partial charge in [-0.05, 0) is 77.0 Å². The Balaban J connectivity index is 0.00000433. The zero-order valence-electron chi connectivity index (χ0n) is 27.4. The number of nitrogens with one attached hydrogen (secondary N) is 1. The van der Waals surface area contributed by atoms with Crippen LogP contribution in [0.15, 0.2) is 67.1 Å². The number of benzene rings is 1. The van der Waals surface area contributed by atoms with Crippen molar-refractivity contribution in [2.45, 2.75) is 44.7 Å². The van der Waals surface area contributed by atoms with Gasteiger partial charge in [-0.2, -0.15) is 23.9 Å². The van der Waals surface area contributed by atoms with E-state index in [9.17, 15) is 10.1 Å². The van der Waals surface area contributed by atoms with Gasteiger partial charge in [-0.3, -0.25) is 4.90 Å². The Hall–Kier alpha value is -4.31. The molecule has 47 heavy (non-hydrogen) atoms. The van der Waals surface area contributed by atoms with Crippen molar-refractivity contribution >= 4 is 30.9 Å². The predicted octanol–water partition coefficient (Wildman–Crippen LogP) is 4.93. The van der Waals surface area contributed by atoms with Gasteiger partial charge in [0, 0.05) is 56.1 Å². The van der Waals surface area contributed by atoms with Crippen molar-refractivity contribution < 1.29 is 14.3 Å². The maximum Gasteiger partial charge on any atom is 0.413 e. The van der Waals surface area contributed by atoms with Gasteiger partial charge in [-0.1, -0.05) is 18.2 Å². The third kappa shape index (κ3) is 7.81. The molecule has 0 bridgehead atoms. The monoisotopic (exact) mass is 656 g/mol. The minimum atomic E-state index is -0.421. The molecule has 2 saturated heterocycles. The fraction of sp³-hybridized carbons (Fsp3) is 0.429. The van der Waals surface area contributed by atoms with Crippen LogP contribution in [0.1, 0.15) is 38.7 Å². The Kier molecular flexibility index (Phi) is 10.9. The molecule has 12 heteroatoms. The Morgan fingerprint density at radius 1 is 1.06 bits per heavy atom. The third-order valence-corrected chi connectivity index (χ3v) is 9.35. The molecule has 0 saturated carbocycles. The van der Waals surface area contributed by atoms with Gasteiger partial charge in [0.15, 0.2) is 0 Å². The average molecular weight is 657 g/mol. The molecule has 4 aromatic rings. The highest BCUT2D eigenvalue weighted by Crippen LogP contribution is 2.33. The van der Waals surface area contributed by atoms with E-state index in [0.29, 0.717) is 29.7 Å². The van der Waals surface area contributed by atoms with Gasteiger partial charge in [-0.25, -0.2) is 14.3 Å². The molecule has 11 nitrogen and oxygen atoms in total. The Morgan fingerprint density at radius 3 is 2.55 bits per heavy atom. The molecule has 2 aliphatic heterocycles. The third-order valence-electron chi connectivity index (χ3n) is 9.35. The molecule has 2 aliphatic rings. The number of hydrogen-bond acceptors (Lipinski definition) is 9. The van der Waals surface area contributed by atoms with Crippen molar-refractivity contribution in [2.24, 2.45) is 0 Å². The summed E-state index contributed by atoms with van der Waals surface area (Å²) in [5, 5.41) is 17.4. The molecular formula is C35H44N8O3S. The normalized spacial score (nSPS) is 18.5. The molecule has 1 amide bonds. The number of fused-ring (bicyclic) bond motifs is 1. The molecule has 0 radical (unpaired) electrons. The van der Waals surface area contributed by atoms with Gasteiger partial charge in [0.1, 0.15) is 23.4 Å². The van der Waals surface area contributed by atoms with E-state index in [0.717, 1.165) is 81.0 Å². The second-order valence-corrected chi connectivity index (χ2v) is 12.4. The standard InChI is InChI=1S/C35H42N8O3.H2S/c1-4-45-30-20-31(33-28(21-36)23-38-43(33)24-30)27-10-11-32(37-22-27)42-16-13-35(14-17-42,25-41-15-12-26(2)40(3)18-19-41)39-34(44)46-29-8-6-5-7-9-29;/h5-11,20,22-24,26H,4,12-19,25H2,1-3H3,(H,39,44);1H2/t26-;/m0./s1. The first-order valence-corrected chi connectivity index (χ1v) is 16.1. The highest BCUT2D eigenvalue weighted by atomic mass is 32.1. The van der Waals surface area contributed by atoms with Crippen LogP contribution in [0, 0.1) is 11.3 Å². The summed E-state index contributed by atoms with van der Waals surface area (Å²) in [6, 6.07) is 18.0. The van der Waals surface area contributed by atoms with Crippen LogP contribution in [0.5, 0.6) is 11.5 Å². The number of carbonyl (C=O) groups is 1. The quantitative estimate of drug-likeness (QED) is 0.282. The highest BCUT2D eigenvalue weighted by Gasteiger charge is 2.39. The second kappa shape index (κ2) is 15.1. The molecule has 5 heterocycles. The van der Waals surface area contributed by atoms with Gasteiger partial charge in [0.25, 0.3) is 0 Å². The highest BCUT2D eigenvalue weighted by molar-refractivity contribution is 7.59. The lowest BCUT2D eigenvalue weighted by Crippen LogP contribution is -2.61. The number of anilines is 1. The van der Waals surface area contributed by atoms with Crippen molar-refractivity contribution in [3.63, 3.8) is 0 Å². The van der Waals surface area contributed by atoms with Crippen molar-refractivity contribution in [1.29, 1.82) is 5.26 Å². The van der Waals surface area contributed by atoms with Crippen molar-refractivity contribution in [3.05, 3.63) is 72.7 Å². The number of amides is 1. The van der Waals surface area contributed by atoms with E-state index in [1.54, 1.807) is 29.0 Å². The maximum atomic E-state index is 13.2. The summed E-state index contributed by atoms with van der Waals surface area (Å²) in [5.41, 5.74) is 2.53. The van der Waals surface area contributed by atoms with Crippen LogP contribution in [-0.2, 0) is 0 Å². The molecule has 2 fully saturated rings. The summed E-state index contributed by atoms with van der Waals surface area (Å²) in [6.07, 6.45) is 7.42. The lowest BCUT2D eigenvalue weighted by Gasteiger charge is -2.44. The minimum absolute atomic E-state index is 0. The number of pyridine rings is 2. The fourth-order valence-electron chi connectivity index (χ4n) is 6.51. The number of piperidine rings is 1. The maximum absolute atomic E-state index is 13.2. The minimum Gasteiger partial charge on any atom is -0.492 e. The largest absolute Gasteiger partial charge is 0.492 e. The van der Waals surface area contributed by atoms with Crippen LogP contribution < -0.4 is 19.7 Å². The van der Waals surface area contributed by atoms with E-state index >= 15 is 0 Å². The number of nitriles is 1. The van der Waals surface area contributed by atoms with E-state index in [1.807, 2.05) is 49.5 Å². The van der Waals surface area contributed by atoms with Gasteiger partial charge in [-0.15, -0.1) is 0 Å². The topological polar surface area (TPSA) is 111 Å². The number of hydrogen-bond donors (Lipinski definition) is 1.